The number of rotatable bonds is 11. The molecular formula is C31H41ClN6O5. The monoisotopic (exact) mass is 612 g/mol. The van der Waals surface area contributed by atoms with E-state index in [0.717, 1.165) is 31.5 Å². The number of nitrogens with zero attached hydrogens (tertiary/aromatic N) is 4. The van der Waals surface area contributed by atoms with E-state index >= 15 is 0 Å². The summed E-state index contributed by atoms with van der Waals surface area (Å²) in [5, 5.41) is 32.3. The summed E-state index contributed by atoms with van der Waals surface area (Å²) < 4.78 is 11.1. The Labute approximate surface area is 257 Å². The first-order chi connectivity index (χ1) is 20.4. The van der Waals surface area contributed by atoms with Crippen LogP contribution in [0.25, 0.3) is 17.0 Å². The van der Waals surface area contributed by atoms with E-state index in [1.54, 1.807) is 46.2 Å². The van der Waals surface area contributed by atoms with Gasteiger partial charge in [0.2, 0.25) is 5.91 Å². The highest BCUT2D eigenvalue weighted by Gasteiger charge is 2.56. The number of methoxy groups -OCH3 is 1. The highest BCUT2D eigenvalue weighted by molar-refractivity contribution is 6.33. The number of hydrogen-bond donors (Lipinski definition) is 4. The van der Waals surface area contributed by atoms with Crippen LogP contribution in [0.1, 0.15) is 37.9 Å². The van der Waals surface area contributed by atoms with Crippen molar-refractivity contribution in [2.24, 2.45) is 11.3 Å². The second-order valence-corrected chi connectivity index (χ2v) is 12.6. The number of aromatic nitrogens is 2. The second-order valence-electron chi connectivity index (χ2n) is 12.2. The molecule has 2 aliphatic heterocycles. The first-order valence-electron chi connectivity index (χ1n) is 14.6. The lowest BCUT2D eigenvalue weighted by Gasteiger charge is -2.60. The van der Waals surface area contributed by atoms with E-state index in [4.69, 9.17) is 36.5 Å². The number of benzene rings is 1. The van der Waals surface area contributed by atoms with Crippen LogP contribution < -0.4 is 15.0 Å². The van der Waals surface area contributed by atoms with Crippen molar-refractivity contribution < 1.29 is 24.5 Å². The molecule has 1 atom stereocenters. The average Bonchev–Trinajstić information content (AvgIpc) is 2.87. The minimum absolute atomic E-state index is 0.00460. The highest BCUT2D eigenvalue weighted by Crippen LogP contribution is 2.54. The molecule has 1 aromatic heterocycles. The van der Waals surface area contributed by atoms with E-state index in [1.807, 2.05) is 11.8 Å². The molecule has 1 aromatic carbocycles. The Morgan fingerprint density at radius 3 is 2.56 bits per heavy atom. The van der Waals surface area contributed by atoms with Crippen molar-refractivity contribution in [1.82, 2.24) is 20.2 Å². The predicted octanol–water partition coefficient (Wildman–Crippen LogP) is 3.47. The van der Waals surface area contributed by atoms with Crippen molar-refractivity contribution in [3.8, 4) is 17.1 Å². The number of likely N-dealkylation sites (tertiary alicyclic amines) is 1. The second kappa shape index (κ2) is 12.4. The lowest BCUT2D eigenvalue weighted by Crippen LogP contribution is -2.66. The number of hydrogen-bond acceptors (Lipinski definition) is 10. The largest absolute Gasteiger partial charge is 0.512 e. The molecule has 3 fully saturated rings. The predicted molar refractivity (Wildman–Crippen MR) is 166 cm³/mol. The highest BCUT2D eigenvalue weighted by atomic mass is 35.5. The molecule has 2 saturated heterocycles. The molecule has 5 rings (SSSR count). The van der Waals surface area contributed by atoms with Crippen molar-refractivity contribution in [1.29, 1.82) is 5.41 Å². The molecule has 232 valence electrons. The number of carbonyl (C=O) groups excluding carboxylic acids is 1. The first-order valence-corrected chi connectivity index (χ1v) is 15.0. The van der Waals surface area contributed by atoms with Crippen LogP contribution in [0.4, 0.5) is 5.82 Å². The molecule has 3 aliphatic rings. The number of aliphatic hydroxyl groups is 2. The minimum Gasteiger partial charge on any atom is -0.512 e. The summed E-state index contributed by atoms with van der Waals surface area (Å²) >= 11 is 6.65. The van der Waals surface area contributed by atoms with Gasteiger partial charge in [0.1, 0.15) is 30.0 Å². The topological polar surface area (TPSA) is 144 Å². The van der Waals surface area contributed by atoms with E-state index in [9.17, 15) is 15.0 Å². The van der Waals surface area contributed by atoms with Gasteiger partial charge in [-0.2, -0.15) is 0 Å². The fraction of sp³-hybridized carbons (Fsp3) is 0.548. The van der Waals surface area contributed by atoms with Gasteiger partial charge in [0.25, 0.3) is 0 Å². The number of likely N-dealkylation sites (N-methyl/N-ethyl adjacent to an activating group) is 1. The standard InChI is InChI=1S/C31H41ClN6O5/c1-17-27(26(18(2)33)19(3)39)35-28(24-8-22(6-7-25(24)32)43-14-21(40)11-34-4)36-29(17)38-15-31(16-38)9-20(10-31)30(41)37-12-23(13-37)42-5/h6-8,20-21,23,33-34,39-40H,9-16H2,1-5H3/b26-19+,33-18?/t21-/m1/s1. The third-order valence-corrected chi connectivity index (χ3v) is 9.04. The average molecular weight is 613 g/mol. The molecule has 0 bridgehead atoms. The molecule has 3 heterocycles. The zero-order valence-electron chi connectivity index (χ0n) is 25.4. The third-order valence-electron chi connectivity index (χ3n) is 8.71. The number of aliphatic hydroxyl groups excluding tert-OH is 2. The normalized spacial score (nSPS) is 19.3. The first kappa shape index (κ1) is 31.2. The van der Waals surface area contributed by atoms with Gasteiger partial charge in [-0.05, 0) is 58.9 Å². The maximum Gasteiger partial charge on any atom is 0.225 e. The van der Waals surface area contributed by atoms with Gasteiger partial charge < -0.3 is 40.2 Å². The lowest BCUT2D eigenvalue weighted by atomic mass is 9.57. The number of nitrogens with one attached hydrogen (secondary N) is 2. The fourth-order valence-electron chi connectivity index (χ4n) is 6.41. The van der Waals surface area contributed by atoms with Gasteiger partial charge in [-0.1, -0.05) is 11.6 Å². The van der Waals surface area contributed by atoms with E-state index in [0.29, 0.717) is 58.9 Å². The van der Waals surface area contributed by atoms with Gasteiger partial charge in [0, 0.05) is 68.0 Å². The van der Waals surface area contributed by atoms with E-state index in [2.05, 4.69) is 10.2 Å². The smallest absolute Gasteiger partial charge is 0.225 e. The Morgan fingerprint density at radius 2 is 1.95 bits per heavy atom. The lowest BCUT2D eigenvalue weighted by molar-refractivity contribution is -0.156. The molecule has 0 radical (unpaired) electrons. The molecule has 1 aliphatic carbocycles. The molecule has 11 nitrogen and oxygen atoms in total. The van der Waals surface area contributed by atoms with Crippen LogP contribution in [0.2, 0.25) is 5.02 Å². The summed E-state index contributed by atoms with van der Waals surface area (Å²) in [7, 11) is 3.44. The number of allylic oxidation sites excluding steroid dienone is 2. The number of halogens is 1. The number of carbonyl (C=O) groups is 1. The number of anilines is 1. The summed E-state index contributed by atoms with van der Waals surface area (Å²) in [5.74, 6) is 1.83. The molecule has 12 heteroatoms. The minimum atomic E-state index is -0.679. The van der Waals surface area contributed by atoms with Crippen LogP contribution in [-0.4, -0.2) is 102 Å². The molecule has 0 unspecified atom stereocenters. The summed E-state index contributed by atoms with van der Waals surface area (Å²) in [5.41, 5.74) is 2.36. The molecular weight excluding hydrogens is 572 g/mol. The van der Waals surface area contributed by atoms with Crippen LogP contribution in [0.15, 0.2) is 24.0 Å². The van der Waals surface area contributed by atoms with E-state index < -0.39 is 6.10 Å². The molecule has 1 spiro atoms. The summed E-state index contributed by atoms with van der Waals surface area (Å²) in [6.45, 7) is 8.42. The summed E-state index contributed by atoms with van der Waals surface area (Å²) in [6, 6.07) is 5.16. The van der Waals surface area contributed by atoms with Crippen LogP contribution >= 0.6 is 11.6 Å². The van der Waals surface area contributed by atoms with Crippen LogP contribution in [-0.2, 0) is 9.53 Å². The van der Waals surface area contributed by atoms with Crippen molar-refractivity contribution in [2.75, 3.05) is 58.4 Å². The molecule has 1 saturated carbocycles. The molecule has 2 aromatic rings. The van der Waals surface area contributed by atoms with Gasteiger partial charge in [0.05, 0.1) is 22.4 Å². The van der Waals surface area contributed by atoms with Crippen molar-refractivity contribution in [3.05, 3.63) is 40.2 Å². The van der Waals surface area contributed by atoms with Gasteiger partial charge in [-0.15, -0.1) is 0 Å². The van der Waals surface area contributed by atoms with E-state index in [-0.39, 0.29) is 41.4 Å². The van der Waals surface area contributed by atoms with Crippen LogP contribution in [0.3, 0.4) is 0 Å². The summed E-state index contributed by atoms with van der Waals surface area (Å²) in [4.78, 5) is 26.7. The third kappa shape index (κ3) is 6.22. The maximum atomic E-state index is 12.9. The Balaban J connectivity index is 1.40. The Bertz CT molecular complexity index is 1420. The number of ether oxygens (including phenoxy) is 2. The molecule has 1 amide bonds. The zero-order chi connectivity index (χ0) is 31.1. The van der Waals surface area contributed by atoms with Crippen molar-refractivity contribution >= 4 is 34.6 Å². The Hall–Kier alpha value is -3.25. The van der Waals surface area contributed by atoms with Gasteiger partial charge in [-0.25, -0.2) is 9.97 Å². The Morgan fingerprint density at radius 1 is 1.26 bits per heavy atom. The maximum absolute atomic E-state index is 12.9. The van der Waals surface area contributed by atoms with Crippen molar-refractivity contribution in [2.45, 2.75) is 45.8 Å². The number of amides is 1. The van der Waals surface area contributed by atoms with Gasteiger partial charge >= 0.3 is 0 Å². The summed E-state index contributed by atoms with van der Waals surface area (Å²) in [6.07, 6.45) is 1.18. The van der Waals surface area contributed by atoms with Crippen LogP contribution in [0.5, 0.6) is 5.75 Å². The quantitative estimate of drug-likeness (QED) is 0.221. The van der Waals surface area contributed by atoms with Crippen molar-refractivity contribution in [3.63, 3.8) is 0 Å². The molecule has 43 heavy (non-hydrogen) atoms. The van der Waals surface area contributed by atoms with E-state index in [1.165, 1.54) is 0 Å². The zero-order valence-corrected chi connectivity index (χ0v) is 26.2. The molecule has 4 N–H and O–H groups in total. The van der Waals surface area contributed by atoms with Crippen LogP contribution in [0, 0.1) is 23.7 Å². The SMILES string of the molecule is CNC[C@@H](O)COc1ccc(Cl)c(-c2nc(/C(C(C)=N)=C(\C)O)c(C)c(N3CC4(CC(C(=O)N5CC(OC)C5)C4)C3)n2)c1. The Kier molecular flexibility index (Phi) is 8.99. The fourth-order valence-corrected chi connectivity index (χ4v) is 6.61. The van der Waals surface area contributed by atoms with Gasteiger partial charge in [0.15, 0.2) is 5.82 Å². The van der Waals surface area contributed by atoms with Gasteiger partial charge in [-0.3, -0.25) is 4.79 Å².